The SMILES string of the molecule is O=C(c1cccc(F)c1)N(Cc1ccc(OCc2ccccc2)cc1)C1CCCc2ccccc21. The van der Waals surface area contributed by atoms with Gasteiger partial charge in [0.05, 0.1) is 6.04 Å². The molecule has 0 N–H and O–H groups in total. The molecular formula is C31H28FNO2. The summed E-state index contributed by atoms with van der Waals surface area (Å²) in [5.74, 6) is 0.221. The molecule has 0 spiro atoms. The third kappa shape index (κ3) is 5.43. The van der Waals surface area contributed by atoms with Gasteiger partial charge in [-0.2, -0.15) is 0 Å². The lowest BCUT2D eigenvalue weighted by molar-refractivity contribution is 0.0637. The molecule has 0 heterocycles. The Kier molecular flexibility index (Phi) is 6.89. The van der Waals surface area contributed by atoms with Crippen LogP contribution in [0.3, 0.4) is 0 Å². The second-order valence-corrected chi connectivity index (χ2v) is 8.97. The molecular weight excluding hydrogens is 437 g/mol. The minimum Gasteiger partial charge on any atom is -0.489 e. The second kappa shape index (κ2) is 10.6. The fourth-order valence-corrected chi connectivity index (χ4v) is 4.79. The summed E-state index contributed by atoms with van der Waals surface area (Å²) < 4.78 is 19.9. The first-order valence-electron chi connectivity index (χ1n) is 12.1. The molecule has 35 heavy (non-hydrogen) atoms. The van der Waals surface area contributed by atoms with Crippen molar-refractivity contribution >= 4 is 5.91 Å². The van der Waals surface area contributed by atoms with E-state index >= 15 is 0 Å². The number of rotatable bonds is 7. The maximum atomic E-state index is 14.0. The van der Waals surface area contributed by atoms with Crippen molar-refractivity contribution in [3.8, 4) is 5.75 Å². The Labute approximate surface area is 205 Å². The number of nitrogens with zero attached hydrogens (tertiary/aromatic N) is 1. The van der Waals surface area contributed by atoms with Crippen LogP contribution in [0.5, 0.6) is 5.75 Å². The first-order chi connectivity index (χ1) is 17.2. The van der Waals surface area contributed by atoms with Gasteiger partial charge in [-0.25, -0.2) is 4.39 Å². The largest absolute Gasteiger partial charge is 0.489 e. The molecule has 4 aromatic rings. The van der Waals surface area contributed by atoms with Crippen molar-refractivity contribution in [2.45, 2.75) is 38.5 Å². The van der Waals surface area contributed by atoms with Crippen LogP contribution in [0.2, 0.25) is 0 Å². The highest BCUT2D eigenvalue weighted by atomic mass is 19.1. The smallest absolute Gasteiger partial charge is 0.254 e. The number of carbonyl (C=O) groups is 1. The molecule has 1 aliphatic carbocycles. The number of ether oxygens (including phenoxy) is 1. The average Bonchev–Trinajstić information content (AvgIpc) is 2.91. The van der Waals surface area contributed by atoms with Crippen LogP contribution < -0.4 is 4.74 Å². The Morgan fingerprint density at radius 3 is 2.43 bits per heavy atom. The van der Waals surface area contributed by atoms with E-state index in [-0.39, 0.29) is 11.9 Å². The van der Waals surface area contributed by atoms with E-state index < -0.39 is 5.82 Å². The van der Waals surface area contributed by atoms with Gasteiger partial charge in [-0.3, -0.25) is 4.79 Å². The van der Waals surface area contributed by atoms with Gasteiger partial charge in [-0.05, 0) is 71.8 Å². The molecule has 5 rings (SSSR count). The summed E-state index contributed by atoms with van der Waals surface area (Å²) in [6.45, 7) is 0.941. The van der Waals surface area contributed by atoms with Crippen molar-refractivity contribution < 1.29 is 13.9 Å². The van der Waals surface area contributed by atoms with Crippen molar-refractivity contribution in [2.24, 2.45) is 0 Å². The normalized spacial score (nSPS) is 14.7. The average molecular weight is 466 g/mol. The highest BCUT2D eigenvalue weighted by molar-refractivity contribution is 5.94. The summed E-state index contributed by atoms with van der Waals surface area (Å²) in [6.07, 6.45) is 2.92. The van der Waals surface area contributed by atoms with Crippen LogP contribution in [0.15, 0.2) is 103 Å². The van der Waals surface area contributed by atoms with E-state index in [1.54, 1.807) is 12.1 Å². The molecule has 0 saturated heterocycles. The number of aryl methyl sites for hydroxylation is 1. The number of fused-ring (bicyclic) bond motifs is 1. The number of benzene rings is 4. The summed E-state index contributed by atoms with van der Waals surface area (Å²) in [5.41, 5.74) is 4.96. The number of amides is 1. The lowest BCUT2D eigenvalue weighted by Gasteiger charge is -2.36. The van der Waals surface area contributed by atoms with Crippen molar-refractivity contribution in [3.63, 3.8) is 0 Å². The Balaban J connectivity index is 1.39. The third-order valence-electron chi connectivity index (χ3n) is 6.57. The van der Waals surface area contributed by atoms with Crippen molar-refractivity contribution in [1.29, 1.82) is 0 Å². The molecule has 0 radical (unpaired) electrons. The number of hydrogen-bond donors (Lipinski definition) is 0. The van der Waals surface area contributed by atoms with Gasteiger partial charge in [0.1, 0.15) is 18.2 Å². The first-order valence-corrected chi connectivity index (χ1v) is 12.1. The highest BCUT2D eigenvalue weighted by Crippen LogP contribution is 2.36. The molecule has 0 aromatic heterocycles. The summed E-state index contributed by atoms with van der Waals surface area (Å²) in [7, 11) is 0. The molecule has 1 unspecified atom stereocenters. The zero-order chi connectivity index (χ0) is 24.0. The van der Waals surface area contributed by atoms with Crippen LogP contribution in [0.4, 0.5) is 4.39 Å². The highest BCUT2D eigenvalue weighted by Gasteiger charge is 2.30. The molecule has 176 valence electrons. The van der Waals surface area contributed by atoms with E-state index in [4.69, 9.17) is 4.74 Å². The molecule has 3 nitrogen and oxygen atoms in total. The van der Waals surface area contributed by atoms with Gasteiger partial charge in [0, 0.05) is 12.1 Å². The van der Waals surface area contributed by atoms with Gasteiger partial charge >= 0.3 is 0 Å². The van der Waals surface area contributed by atoms with E-state index in [2.05, 4.69) is 12.1 Å². The van der Waals surface area contributed by atoms with Gasteiger partial charge < -0.3 is 9.64 Å². The van der Waals surface area contributed by atoms with Crippen LogP contribution in [0.1, 0.15) is 51.5 Å². The lowest BCUT2D eigenvalue weighted by atomic mass is 9.86. The van der Waals surface area contributed by atoms with E-state index in [9.17, 15) is 9.18 Å². The predicted octanol–water partition coefficient (Wildman–Crippen LogP) is 7.12. The molecule has 4 heteroatoms. The van der Waals surface area contributed by atoms with Crippen molar-refractivity contribution in [1.82, 2.24) is 4.90 Å². The Bertz CT molecular complexity index is 1290. The molecule has 1 aliphatic rings. The zero-order valence-corrected chi connectivity index (χ0v) is 19.6. The van der Waals surface area contributed by atoms with E-state index in [1.807, 2.05) is 71.6 Å². The Morgan fingerprint density at radius 1 is 0.857 bits per heavy atom. The molecule has 4 aromatic carbocycles. The van der Waals surface area contributed by atoms with Gasteiger partial charge in [-0.1, -0.05) is 72.8 Å². The van der Waals surface area contributed by atoms with E-state index in [1.165, 1.54) is 23.3 Å². The van der Waals surface area contributed by atoms with E-state index in [0.29, 0.717) is 18.7 Å². The zero-order valence-electron chi connectivity index (χ0n) is 19.6. The number of halogens is 1. The van der Waals surface area contributed by atoms with Crippen molar-refractivity contribution in [2.75, 3.05) is 0 Å². The molecule has 0 fully saturated rings. The first kappa shape index (κ1) is 22.9. The second-order valence-electron chi connectivity index (χ2n) is 8.97. The van der Waals surface area contributed by atoms with E-state index in [0.717, 1.165) is 36.1 Å². The number of carbonyl (C=O) groups excluding carboxylic acids is 1. The Hall–Kier alpha value is -3.92. The Morgan fingerprint density at radius 2 is 1.63 bits per heavy atom. The van der Waals surface area contributed by atoms with Crippen LogP contribution in [-0.4, -0.2) is 10.8 Å². The maximum absolute atomic E-state index is 14.0. The topological polar surface area (TPSA) is 29.5 Å². The summed E-state index contributed by atoms with van der Waals surface area (Å²) in [6, 6.07) is 32.2. The fraction of sp³-hybridized carbons (Fsp3) is 0.194. The minimum absolute atomic E-state index is 0.0512. The summed E-state index contributed by atoms with van der Waals surface area (Å²) in [5, 5.41) is 0. The van der Waals surface area contributed by atoms with Crippen LogP contribution in [0.25, 0.3) is 0 Å². The third-order valence-corrected chi connectivity index (χ3v) is 6.57. The van der Waals surface area contributed by atoms with Crippen molar-refractivity contribution in [3.05, 3.63) is 137 Å². The van der Waals surface area contributed by atoms with Gasteiger partial charge in [-0.15, -0.1) is 0 Å². The molecule has 1 amide bonds. The van der Waals surface area contributed by atoms with Crippen LogP contribution >= 0.6 is 0 Å². The van der Waals surface area contributed by atoms with Gasteiger partial charge in [0.25, 0.3) is 5.91 Å². The maximum Gasteiger partial charge on any atom is 0.254 e. The quantitative estimate of drug-likeness (QED) is 0.291. The molecule has 1 atom stereocenters. The monoisotopic (exact) mass is 465 g/mol. The van der Waals surface area contributed by atoms with Gasteiger partial charge in [0.15, 0.2) is 0 Å². The lowest BCUT2D eigenvalue weighted by Crippen LogP contribution is -2.36. The van der Waals surface area contributed by atoms with Crippen LogP contribution in [0, 0.1) is 5.82 Å². The van der Waals surface area contributed by atoms with Gasteiger partial charge in [0.2, 0.25) is 0 Å². The summed E-state index contributed by atoms with van der Waals surface area (Å²) >= 11 is 0. The fourth-order valence-electron chi connectivity index (χ4n) is 4.79. The molecule has 0 bridgehead atoms. The summed E-state index contributed by atoms with van der Waals surface area (Å²) in [4.78, 5) is 15.6. The predicted molar refractivity (Wildman–Crippen MR) is 136 cm³/mol. The number of hydrogen-bond acceptors (Lipinski definition) is 2. The minimum atomic E-state index is -0.403. The molecule has 0 saturated carbocycles. The van der Waals surface area contributed by atoms with Crippen LogP contribution in [-0.2, 0) is 19.6 Å². The molecule has 0 aliphatic heterocycles. The standard InChI is InChI=1S/C31H28FNO2/c32-27-13-6-12-26(20-27)31(34)33(30-15-7-11-25-10-4-5-14-29(25)30)21-23-16-18-28(19-17-23)35-22-24-8-2-1-3-9-24/h1-6,8-10,12-14,16-20,30H,7,11,15,21-22H2.